The number of rotatable bonds is 4. The quantitative estimate of drug-likeness (QED) is 0.840. The number of hydrogen-bond acceptors (Lipinski definition) is 3. The lowest BCUT2D eigenvalue weighted by Crippen LogP contribution is -2.55. The minimum absolute atomic E-state index is 0.205. The maximum absolute atomic E-state index is 13.2. The Morgan fingerprint density at radius 1 is 1.19 bits per heavy atom. The van der Waals surface area contributed by atoms with Crippen LogP contribution in [0.25, 0.3) is 0 Å². The van der Waals surface area contributed by atoms with E-state index < -0.39 is 5.54 Å². The second-order valence-electron chi connectivity index (χ2n) is 6.68. The monoisotopic (exact) mass is 392 g/mol. The highest BCUT2D eigenvalue weighted by Crippen LogP contribution is 2.36. The van der Waals surface area contributed by atoms with Crippen molar-refractivity contribution in [2.45, 2.75) is 18.4 Å². The molecule has 138 valence electrons. The van der Waals surface area contributed by atoms with E-state index in [0.717, 1.165) is 31.5 Å². The lowest BCUT2D eigenvalue weighted by atomic mass is 9.82. The van der Waals surface area contributed by atoms with Gasteiger partial charge < -0.3 is 15.0 Å². The molecule has 1 atom stereocenters. The van der Waals surface area contributed by atoms with Crippen LogP contribution in [0.5, 0.6) is 5.75 Å². The van der Waals surface area contributed by atoms with E-state index in [4.69, 9.17) is 27.9 Å². The Bertz CT molecular complexity index is 798. The van der Waals surface area contributed by atoms with E-state index in [1.54, 1.807) is 12.1 Å². The number of likely N-dealkylation sites (N-methyl/N-ethyl adjacent to an activating group) is 1. The summed E-state index contributed by atoms with van der Waals surface area (Å²) in [6.45, 7) is 1.73. The molecule has 1 saturated heterocycles. The molecule has 2 aromatic carbocycles. The molecule has 1 heterocycles. The van der Waals surface area contributed by atoms with E-state index in [1.165, 1.54) is 7.11 Å². The van der Waals surface area contributed by atoms with Crippen molar-refractivity contribution in [1.29, 1.82) is 0 Å². The number of piperidine rings is 1. The van der Waals surface area contributed by atoms with E-state index in [1.807, 2.05) is 18.2 Å². The van der Waals surface area contributed by atoms with Crippen LogP contribution in [0.2, 0.25) is 10.0 Å². The van der Waals surface area contributed by atoms with Gasteiger partial charge in [-0.3, -0.25) is 4.79 Å². The maximum Gasteiger partial charge on any atom is 0.257 e. The van der Waals surface area contributed by atoms with Gasteiger partial charge in [-0.1, -0.05) is 53.5 Å². The minimum Gasteiger partial charge on any atom is -0.496 e. The van der Waals surface area contributed by atoms with Crippen LogP contribution in [0.3, 0.4) is 0 Å². The minimum atomic E-state index is -0.484. The first-order valence-electron chi connectivity index (χ1n) is 8.55. The molecule has 0 saturated carbocycles. The first kappa shape index (κ1) is 19.0. The van der Waals surface area contributed by atoms with Gasteiger partial charge in [-0.25, -0.2) is 0 Å². The summed E-state index contributed by atoms with van der Waals surface area (Å²) < 4.78 is 5.34. The number of carbonyl (C=O) groups excluding carboxylic acids is 1. The van der Waals surface area contributed by atoms with Gasteiger partial charge in [0.2, 0.25) is 0 Å². The molecule has 0 spiro atoms. The molecule has 1 fully saturated rings. The standard InChI is InChI=1S/C20H22Cl2N2O2/c1-24-12-6-11-20(13-24,14-7-4-3-5-8-14)23-19(25)17-16(26-2)10-9-15(21)18(17)22/h3-5,7-10H,6,11-13H2,1-2H3,(H,23,25). The number of halogens is 2. The summed E-state index contributed by atoms with van der Waals surface area (Å²) in [5.41, 5.74) is 0.865. The molecule has 26 heavy (non-hydrogen) atoms. The van der Waals surface area contributed by atoms with Crippen molar-refractivity contribution in [1.82, 2.24) is 10.2 Å². The zero-order valence-corrected chi connectivity index (χ0v) is 16.4. The van der Waals surface area contributed by atoms with Gasteiger partial charge in [-0.15, -0.1) is 0 Å². The van der Waals surface area contributed by atoms with Gasteiger partial charge in [0, 0.05) is 6.54 Å². The Kier molecular flexibility index (Phi) is 5.76. The van der Waals surface area contributed by atoms with Crippen molar-refractivity contribution in [3.05, 3.63) is 63.6 Å². The number of nitrogens with zero attached hydrogens (tertiary/aromatic N) is 1. The van der Waals surface area contributed by atoms with Crippen LogP contribution in [-0.4, -0.2) is 38.1 Å². The van der Waals surface area contributed by atoms with Gasteiger partial charge in [0.15, 0.2) is 0 Å². The molecule has 0 aliphatic carbocycles. The van der Waals surface area contributed by atoms with Gasteiger partial charge >= 0.3 is 0 Å². The lowest BCUT2D eigenvalue weighted by Gasteiger charge is -2.42. The van der Waals surface area contributed by atoms with Crippen LogP contribution < -0.4 is 10.1 Å². The fourth-order valence-electron chi connectivity index (χ4n) is 3.63. The fraction of sp³-hybridized carbons (Fsp3) is 0.350. The maximum atomic E-state index is 13.2. The third kappa shape index (κ3) is 3.68. The molecule has 6 heteroatoms. The molecule has 0 bridgehead atoms. The zero-order valence-electron chi connectivity index (χ0n) is 14.9. The Hall–Kier alpha value is -1.75. The van der Waals surface area contributed by atoms with Crippen LogP contribution in [0, 0.1) is 0 Å². The third-order valence-corrected chi connectivity index (χ3v) is 5.67. The third-order valence-electron chi connectivity index (χ3n) is 4.87. The van der Waals surface area contributed by atoms with Gasteiger partial charge in [0.05, 0.1) is 22.7 Å². The Morgan fingerprint density at radius 3 is 2.58 bits per heavy atom. The summed E-state index contributed by atoms with van der Waals surface area (Å²) in [4.78, 5) is 15.4. The molecular formula is C20H22Cl2N2O2. The number of benzene rings is 2. The van der Waals surface area contributed by atoms with Crippen LogP contribution in [-0.2, 0) is 5.54 Å². The van der Waals surface area contributed by atoms with Crippen molar-refractivity contribution in [2.75, 3.05) is 27.2 Å². The van der Waals surface area contributed by atoms with Gasteiger partial charge in [-0.2, -0.15) is 0 Å². The summed E-state index contributed by atoms with van der Waals surface area (Å²) in [6, 6.07) is 13.3. The number of likely N-dealkylation sites (tertiary alicyclic amines) is 1. The Balaban J connectivity index is 2.01. The van der Waals surface area contributed by atoms with Gasteiger partial charge in [0.25, 0.3) is 5.91 Å². The predicted molar refractivity (Wildman–Crippen MR) is 105 cm³/mol. The summed E-state index contributed by atoms with van der Waals surface area (Å²) in [6.07, 6.45) is 1.85. The molecule has 1 aliphatic heterocycles. The fourth-order valence-corrected chi connectivity index (χ4v) is 4.03. The molecule has 4 nitrogen and oxygen atoms in total. The number of ether oxygens (including phenoxy) is 1. The normalized spacial score (nSPS) is 20.6. The van der Waals surface area contributed by atoms with Crippen molar-refractivity contribution in [3.8, 4) is 5.75 Å². The van der Waals surface area contributed by atoms with Gasteiger partial charge in [-0.05, 0) is 44.1 Å². The van der Waals surface area contributed by atoms with E-state index >= 15 is 0 Å². The van der Waals surface area contributed by atoms with Crippen molar-refractivity contribution < 1.29 is 9.53 Å². The first-order chi connectivity index (χ1) is 12.5. The van der Waals surface area contributed by atoms with Crippen LogP contribution in [0.1, 0.15) is 28.8 Å². The molecule has 1 aliphatic rings. The Labute approximate surface area is 164 Å². The average Bonchev–Trinajstić information content (AvgIpc) is 2.64. The number of amides is 1. The second kappa shape index (κ2) is 7.87. The number of methoxy groups -OCH3 is 1. The van der Waals surface area contributed by atoms with E-state index in [0.29, 0.717) is 10.8 Å². The smallest absolute Gasteiger partial charge is 0.257 e. The highest BCUT2D eigenvalue weighted by Gasteiger charge is 2.38. The summed E-state index contributed by atoms with van der Waals surface area (Å²) >= 11 is 12.5. The largest absolute Gasteiger partial charge is 0.496 e. The van der Waals surface area contributed by atoms with Crippen molar-refractivity contribution in [2.24, 2.45) is 0 Å². The molecule has 0 aromatic heterocycles. The van der Waals surface area contributed by atoms with E-state index in [-0.39, 0.29) is 16.5 Å². The summed E-state index contributed by atoms with van der Waals surface area (Å²) in [5, 5.41) is 3.77. The van der Waals surface area contributed by atoms with Gasteiger partial charge in [0.1, 0.15) is 11.3 Å². The molecular weight excluding hydrogens is 371 g/mol. The number of nitrogens with one attached hydrogen (secondary N) is 1. The molecule has 1 amide bonds. The van der Waals surface area contributed by atoms with E-state index in [2.05, 4.69) is 29.4 Å². The highest BCUT2D eigenvalue weighted by molar-refractivity contribution is 6.44. The lowest BCUT2D eigenvalue weighted by molar-refractivity contribution is 0.0805. The zero-order chi connectivity index (χ0) is 18.7. The molecule has 2 aromatic rings. The second-order valence-corrected chi connectivity index (χ2v) is 7.47. The number of carbonyl (C=O) groups is 1. The molecule has 0 radical (unpaired) electrons. The van der Waals surface area contributed by atoms with Crippen LogP contribution in [0.4, 0.5) is 0 Å². The summed E-state index contributed by atoms with van der Waals surface area (Å²) in [7, 11) is 3.58. The van der Waals surface area contributed by atoms with Crippen molar-refractivity contribution in [3.63, 3.8) is 0 Å². The van der Waals surface area contributed by atoms with Crippen LogP contribution in [0.15, 0.2) is 42.5 Å². The first-order valence-corrected chi connectivity index (χ1v) is 9.31. The molecule has 1 unspecified atom stereocenters. The highest BCUT2D eigenvalue weighted by atomic mass is 35.5. The van der Waals surface area contributed by atoms with E-state index in [9.17, 15) is 4.79 Å². The molecule has 1 N–H and O–H groups in total. The van der Waals surface area contributed by atoms with Crippen molar-refractivity contribution >= 4 is 29.1 Å². The summed E-state index contributed by atoms with van der Waals surface area (Å²) in [5.74, 6) is 0.123. The topological polar surface area (TPSA) is 41.6 Å². The Morgan fingerprint density at radius 2 is 1.92 bits per heavy atom. The molecule has 3 rings (SSSR count). The average molecular weight is 393 g/mol. The van der Waals surface area contributed by atoms with Crippen LogP contribution >= 0.6 is 23.2 Å². The predicted octanol–water partition coefficient (Wildman–Crippen LogP) is 4.35. The SMILES string of the molecule is COc1ccc(Cl)c(Cl)c1C(=O)NC1(c2ccccc2)CCCN(C)C1. The number of hydrogen-bond donors (Lipinski definition) is 1.